The van der Waals surface area contributed by atoms with Crippen LogP contribution in [0.4, 0.5) is 0 Å². The first-order valence-electron chi connectivity index (χ1n) is 3.02. The molecule has 1 rings (SSSR count). The zero-order valence-electron chi connectivity index (χ0n) is 5.05. The van der Waals surface area contributed by atoms with E-state index in [0.29, 0.717) is 0 Å². The monoisotopic (exact) mass is 124 g/mol. The Kier molecular flexibility index (Phi) is 1.74. The maximum absolute atomic E-state index is 10.3. The van der Waals surface area contributed by atoms with Crippen molar-refractivity contribution < 1.29 is 9.90 Å². The molecule has 1 unspecified atom stereocenters. The van der Waals surface area contributed by atoms with E-state index in [1.165, 1.54) is 0 Å². The van der Waals surface area contributed by atoms with E-state index in [9.17, 15) is 4.79 Å². The van der Waals surface area contributed by atoms with E-state index in [0.717, 1.165) is 19.3 Å². The summed E-state index contributed by atoms with van der Waals surface area (Å²) in [6.45, 7) is 0. The van der Waals surface area contributed by atoms with Crippen LogP contribution < -0.4 is 0 Å². The van der Waals surface area contributed by atoms with Gasteiger partial charge in [0.05, 0.1) is 0 Å². The Hall–Kier alpha value is -0.970. The molecule has 1 aliphatic rings. The minimum atomic E-state index is -0.776. The van der Waals surface area contributed by atoms with Crippen LogP contribution >= 0.6 is 0 Å². The summed E-state index contributed by atoms with van der Waals surface area (Å²) in [4.78, 5) is 10.3. The number of rotatable bonds is 1. The van der Waals surface area contributed by atoms with Crippen molar-refractivity contribution >= 4 is 5.97 Å². The first-order valence-corrected chi connectivity index (χ1v) is 3.02. The van der Waals surface area contributed by atoms with Gasteiger partial charge in [0.2, 0.25) is 0 Å². The van der Waals surface area contributed by atoms with Crippen molar-refractivity contribution in [2.24, 2.45) is 5.92 Å². The Labute approximate surface area is 53.9 Å². The van der Waals surface area contributed by atoms with E-state index in [2.05, 4.69) is 11.8 Å². The quantitative estimate of drug-likeness (QED) is 0.527. The van der Waals surface area contributed by atoms with Gasteiger partial charge in [-0.05, 0) is 12.8 Å². The average Bonchev–Trinajstić information content (AvgIpc) is 1.90. The van der Waals surface area contributed by atoms with Crippen LogP contribution in [-0.4, -0.2) is 11.1 Å². The van der Waals surface area contributed by atoms with Gasteiger partial charge in [0.25, 0.3) is 0 Å². The standard InChI is InChI=1S/C7H8O2/c8-7(9)6-4-2-1-3-5-6/h6H,1-2,4H2,(H,8,9). The van der Waals surface area contributed by atoms with Gasteiger partial charge in [0.15, 0.2) is 0 Å². The topological polar surface area (TPSA) is 37.3 Å². The molecular weight excluding hydrogens is 116 g/mol. The second kappa shape index (κ2) is 2.54. The summed E-state index contributed by atoms with van der Waals surface area (Å²) in [5.74, 6) is 4.29. The molecule has 9 heavy (non-hydrogen) atoms. The van der Waals surface area contributed by atoms with Gasteiger partial charge in [0.1, 0.15) is 5.92 Å². The molecule has 48 valence electrons. The number of carbonyl (C=O) groups is 1. The van der Waals surface area contributed by atoms with Crippen molar-refractivity contribution in [2.45, 2.75) is 19.3 Å². The average molecular weight is 124 g/mol. The predicted molar refractivity (Wildman–Crippen MR) is 32.8 cm³/mol. The third-order valence-corrected chi connectivity index (χ3v) is 1.37. The van der Waals surface area contributed by atoms with Crippen molar-refractivity contribution in [1.29, 1.82) is 0 Å². The van der Waals surface area contributed by atoms with Crippen LogP contribution in [-0.2, 0) is 4.79 Å². The molecular formula is C7H8O2. The van der Waals surface area contributed by atoms with Crippen LogP contribution in [0.1, 0.15) is 19.3 Å². The molecule has 1 N–H and O–H groups in total. The van der Waals surface area contributed by atoms with E-state index >= 15 is 0 Å². The van der Waals surface area contributed by atoms with Gasteiger partial charge in [-0.3, -0.25) is 4.79 Å². The van der Waals surface area contributed by atoms with Gasteiger partial charge in [-0.1, -0.05) is 5.92 Å². The number of hydrogen-bond donors (Lipinski definition) is 1. The Morgan fingerprint density at radius 1 is 1.67 bits per heavy atom. The zero-order chi connectivity index (χ0) is 6.69. The highest BCUT2D eigenvalue weighted by atomic mass is 16.4. The number of aliphatic carboxylic acids is 1. The lowest BCUT2D eigenvalue weighted by Gasteiger charge is -2.05. The third kappa shape index (κ3) is 1.46. The Morgan fingerprint density at radius 2 is 2.44 bits per heavy atom. The summed E-state index contributed by atoms with van der Waals surface area (Å²) in [6.07, 6.45) is 2.52. The summed E-state index contributed by atoms with van der Waals surface area (Å²) < 4.78 is 0. The minimum absolute atomic E-state index is 0.390. The number of hydrogen-bond acceptors (Lipinski definition) is 1. The Morgan fingerprint density at radius 3 is 2.78 bits per heavy atom. The maximum atomic E-state index is 10.3. The first kappa shape index (κ1) is 6.15. The lowest BCUT2D eigenvalue weighted by molar-refractivity contribution is -0.140. The fraction of sp³-hybridized carbons (Fsp3) is 0.571. The van der Waals surface area contributed by atoms with Crippen LogP contribution in [0.5, 0.6) is 0 Å². The molecule has 0 aromatic heterocycles. The van der Waals surface area contributed by atoms with Crippen molar-refractivity contribution in [2.75, 3.05) is 0 Å². The van der Waals surface area contributed by atoms with E-state index in [1.807, 2.05) is 0 Å². The molecule has 0 saturated carbocycles. The van der Waals surface area contributed by atoms with Crippen molar-refractivity contribution in [1.82, 2.24) is 0 Å². The highest BCUT2D eigenvalue weighted by Crippen LogP contribution is 2.11. The summed E-state index contributed by atoms with van der Waals surface area (Å²) in [5.41, 5.74) is 0. The number of carboxylic acid groups (broad SMARTS) is 1. The van der Waals surface area contributed by atoms with Gasteiger partial charge in [-0.15, -0.1) is 5.92 Å². The molecule has 0 aromatic rings. The van der Waals surface area contributed by atoms with Crippen LogP contribution in [0.25, 0.3) is 0 Å². The molecule has 0 radical (unpaired) electrons. The highest BCUT2D eigenvalue weighted by Gasteiger charge is 2.14. The lowest BCUT2D eigenvalue weighted by Crippen LogP contribution is -2.12. The maximum Gasteiger partial charge on any atom is 0.318 e. The van der Waals surface area contributed by atoms with Gasteiger partial charge in [0, 0.05) is 6.42 Å². The zero-order valence-corrected chi connectivity index (χ0v) is 5.05. The van der Waals surface area contributed by atoms with Gasteiger partial charge in [-0.25, -0.2) is 0 Å². The summed E-state index contributed by atoms with van der Waals surface area (Å²) >= 11 is 0. The summed E-state index contributed by atoms with van der Waals surface area (Å²) in [5, 5.41) is 8.44. The SMILES string of the molecule is O=C(O)C1C#CCCC1. The molecule has 1 atom stereocenters. The van der Waals surface area contributed by atoms with Crippen LogP contribution in [0.2, 0.25) is 0 Å². The fourth-order valence-electron chi connectivity index (χ4n) is 0.847. The molecule has 0 spiro atoms. The third-order valence-electron chi connectivity index (χ3n) is 1.37. The fourth-order valence-corrected chi connectivity index (χ4v) is 0.847. The molecule has 0 aromatic carbocycles. The normalized spacial score (nSPS) is 24.2. The molecule has 0 heterocycles. The van der Waals surface area contributed by atoms with E-state index in [-0.39, 0.29) is 0 Å². The second-order valence-electron chi connectivity index (χ2n) is 2.10. The van der Waals surface area contributed by atoms with Crippen LogP contribution in [0, 0.1) is 17.8 Å². The molecule has 0 bridgehead atoms. The van der Waals surface area contributed by atoms with Crippen LogP contribution in [0.3, 0.4) is 0 Å². The molecule has 2 heteroatoms. The molecule has 0 aliphatic heterocycles. The molecule has 1 aliphatic carbocycles. The van der Waals surface area contributed by atoms with Crippen molar-refractivity contribution in [3.8, 4) is 11.8 Å². The van der Waals surface area contributed by atoms with Gasteiger partial charge in [-0.2, -0.15) is 0 Å². The van der Waals surface area contributed by atoms with Gasteiger partial charge < -0.3 is 5.11 Å². The molecule has 0 fully saturated rings. The number of carboxylic acids is 1. The van der Waals surface area contributed by atoms with E-state index < -0.39 is 11.9 Å². The van der Waals surface area contributed by atoms with E-state index in [1.54, 1.807) is 0 Å². The summed E-state index contributed by atoms with van der Waals surface area (Å²) in [6, 6.07) is 0. The lowest BCUT2D eigenvalue weighted by atomic mass is 9.99. The molecule has 0 amide bonds. The van der Waals surface area contributed by atoms with Crippen molar-refractivity contribution in [3.63, 3.8) is 0 Å². The molecule has 2 nitrogen and oxygen atoms in total. The largest absolute Gasteiger partial charge is 0.480 e. The summed E-state index contributed by atoms with van der Waals surface area (Å²) in [7, 11) is 0. The smallest absolute Gasteiger partial charge is 0.318 e. The van der Waals surface area contributed by atoms with E-state index in [4.69, 9.17) is 5.11 Å². The second-order valence-corrected chi connectivity index (χ2v) is 2.10. The van der Waals surface area contributed by atoms with Gasteiger partial charge >= 0.3 is 5.97 Å². The highest BCUT2D eigenvalue weighted by molar-refractivity contribution is 5.73. The Bertz CT molecular complexity index is 173. The first-order chi connectivity index (χ1) is 4.30. The van der Waals surface area contributed by atoms with Crippen molar-refractivity contribution in [3.05, 3.63) is 0 Å². The predicted octanol–water partition coefficient (Wildman–Crippen LogP) is 0.875. The Balaban J connectivity index is 2.57. The van der Waals surface area contributed by atoms with Crippen LogP contribution in [0.15, 0.2) is 0 Å². The molecule has 0 saturated heterocycles. The minimum Gasteiger partial charge on any atom is -0.480 e.